The van der Waals surface area contributed by atoms with Crippen molar-refractivity contribution in [2.75, 3.05) is 32.0 Å². The molecule has 132 valence electrons. The van der Waals surface area contributed by atoms with Crippen LogP contribution in [0.15, 0.2) is 12.1 Å². The van der Waals surface area contributed by atoms with Crippen LogP contribution in [0.1, 0.15) is 38.4 Å². The molecule has 1 aromatic heterocycles. The van der Waals surface area contributed by atoms with Crippen LogP contribution in [0.5, 0.6) is 0 Å². The van der Waals surface area contributed by atoms with Gasteiger partial charge >= 0.3 is 6.09 Å². The Hall–Kier alpha value is -1.82. The van der Waals surface area contributed by atoms with Gasteiger partial charge in [0, 0.05) is 51.4 Å². The zero-order chi connectivity index (χ0) is 17.3. The summed E-state index contributed by atoms with van der Waals surface area (Å²) in [5.74, 6) is 0.930. The van der Waals surface area contributed by atoms with Crippen LogP contribution in [0.2, 0.25) is 0 Å². The second-order valence-electron chi connectivity index (χ2n) is 7.64. The van der Waals surface area contributed by atoms with E-state index in [0.717, 1.165) is 44.8 Å². The fraction of sp³-hybridized carbons (Fsp3) is 0.667. The third-order valence-corrected chi connectivity index (χ3v) is 4.67. The van der Waals surface area contributed by atoms with Gasteiger partial charge in [0.1, 0.15) is 11.4 Å². The van der Waals surface area contributed by atoms with Gasteiger partial charge in [-0.05, 0) is 38.8 Å². The van der Waals surface area contributed by atoms with E-state index < -0.39 is 5.60 Å². The number of aromatic nitrogens is 1. The van der Waals surface area contributed by atoms with Gasteiger partial charge in [-0.3, -0.25) is 4.90 Å². The Labute approximate surface area is 144 Å². The lowest BCUT2D eigenvalue weighted by Crippen LogP contribution is -2.42. The van der Waals surface area contributed by atoms with E-state index in [4.69, 9.17) is 4.74 Å². The van der Waals surface area contributed by atoms with Gasteiger partial charge in [-0.15, -0.1) is 0 Å². The first-order chi connectivity index (χ1) is 11.4. The average molecular weight is 332 g/mol. The van der Waals surface area contributed by atoms with Crippen molar-refractivity contribution in [3.8, 4) is 0 Å². The molecule has 1 N–H and O–H groups in total. The Morgan fingerprint density at radius 2 is 2.12 bits per heavy atom. The van der Waals surface area contributed by atoms with Gasteiger partial charge in [-0.2, -0.15) is 0 Å². The number of hydrogen-bond donors (Lipinski definition) is 1. The molecule has 1 saturated heterocycles. The highest BCUT2D eigenvalue weighted by Gasteiger charge is 2.34. The number of anilines is 1. The van der Waals surface area contributed by atoms with E-state index in [1.54, 1.807) is 0 Å². The van der Waals surface area contributed by atoms with Gasteiger partial charge in [0.05, 0.1) is 0 Å². The molecule has 3 rings (SSSR count). The second-order valence-corrected chi connectivity index (χ2v) is 7.64. The van der Waals surface area contributed by atoms with Gasteiger partial charge < -0.3 is 15.0 Å². The highest BCUT2D eigenvalue weighted by Crippen LogP contribution is 2.25. The van der Waals surface area contributed by atoms with Crippen LogP contribution in [0.4, 0.5) is 10.6 Å². The minimum absolute atomic E-state index is 0.192. The summed E-state index contributed by atoms with van der Waals surface area (Å²) in [5.41, 5.74) is 2.06. The first kappa shape index (κ1) is 17.0. The van der Waals surface area contributed by atoms with Gasteiger partial charge in [0.25, 0.3) is 0 Å². The molecule has 0 bridgehead atoms. The topological polar surface area (TPSA) is 57.7 Å². The number of likely N-dealkylation sites (tertiary alicyclic amines) is 1. The Morgan fingerprint density at radius 3 is 2.83 bits per heavy atom. The molecule has 1 amide bonds. The van der Waals surface area contributed by atoms with Crippen LogP contribution in [-0.4, -0.2) is 59.2 Å². The van der Waals surface area contributed by atoms with Crippen molar-refractivity contribution in [2.45, 2.75) is 51.8 Å². The minimum atomic E-state index is -0.435. The molecule has 0 aromatic carbocycles. The molecule has 6 heteroatoms. The van der Waals surface area contributed by atoms with Crippen LogP contribution >= 0.6 is 0 Å². The molecule has 0 spiro atoms. The highest BCUT2D eigenvalue weighted by atomic mass is 16.6. The van der Waals surface area contributed by atoms with Crippen LogP contribution in [-0.2, 0) is 17.7 Å². The summed E-state index contributed by atoms with van der Waals surface area (Å²) in [6, 6.07) is 4.61. The first-order valence-electron chi connectivity index (χ1n) is 8.74. The summed E-state index contributed by atoms with van der Waals surface area (Å²) in [4.78, 5) is 21.2. The van der Waals surface area contributed by atoms with Crippen molar-refractivity contribution in [3.05, 3.63) is 23.4 Å². The fourth-order valence-corrected chi connectivity index (χ4v) is 3.42. The molecular formula is C18H28N4O2. The summed E-state index contributed by atoms with van der Waals surface area (Å²) in [5, 5.41) is 3.10. The van der Waals surface area contributed by atoms with Crippen LogP contribution in [0, 0.1) is 0 Å². The molecule has 1 aromatic rings. The number of ether oxygens (including phenoxy) is 1. The number of nitrogens with one attached hydrogen (secondary N) is 1. The minimum Gasteiger partial charge on any atom is -0.444 e. The Balaban J connectivity index is 1.60. The van der Waals surface area contributed by atoms with E-state index in [9.17, 15) is 4.79 Å². The van der Waals surface area contributed by atoms with E-state index in [2.05, 4.69) is 21.3 Å². The van der Waals surface area contributed by atoms with E-state index in [1.165, 1.54) is 11.3 Å². The molecule has 1 atom stereocenters. The van der Waals surface area contributed by atoms with E-state index in [1.807, 2.05) is 38.8 Å². The zero-order valence-corrected chi connectivity index (χ0v) is 15.1. The predicted octanol–water partition coefficient (Wildman–Crippen LogP) is 2.49. The second kappa shape index (κ2) is 6.59. The van der Waals surface area contributed by atoms with Crippen molar-refractivity contribution in [3.63, 3.8) is 0 Å². The average Bonchev–Trinajstić information content (AvgIpc) is 3.02. The smallest absolute Gasteiger partial charge is 0.410 e. The van der Waals surface area contributed by atoms with Crippen LogP contribution in [0.25, 0.3) is 0 Å². The fourth-order valence-electron chi connectivity index (χ4n) is 3.42. The number of fused-ring (bicyclic) bond motifs is 1. The molecule has 0 radical (unpaired) electrons. The van der Waals surface area contributed by atoms with Crippen molar-refractivity contribution in [1.29, 1.82) is 0 Å². The molecule has 1 fully saturated rings. The number of carbonyl (C=O) groups is 1. The first-order valence-corrected chi connectivity index (χ1v) is 8.74. The standard InChI is InChI=1S/C18H28N4O2/c1-18(2,3)24-17(23)22-9-7-14(12-22)21-10-8-15-13(11-21)5-6-16(19-4)20-15/h5-6,14H,7-12H2,1-4H3,(H,19,20). The monoisotopic (exact) mass is 332 g/mol. The lowest BCUT2D eigenvalue weighted by molar-refractivity contribution is 0.0278. The Bertz CT molecular complexity index is 612. The summed E-state index contributed by atoms with van der Waals surface area (Å²) >= 11 is 0. The van der Waals surface area contributed by atoms with E-state index >= 15 is 0 Å². The maximum atomic E-state index is 12.2. The van der Waals surface area contributed by atoms with E-state index in [-0.39, 0.29) is 6.09 Å². The third-order valence-electron chi connectivity index (χ3n) is 4.67. The largest absolute Gasteiger partial charge is 0.444 e. The number of carbonyl (C=O) groups excluding carboxylic acids is 1. The Morgan fingerprint density at radius 1 is 1.33 bits per heavy atom. The molecule has 3 heterocycles. The summed E-state index contributed by atoms with van der Waals surface area (Å²) in [6.45, 7) is 9.18. The number of nitrogens with zero attached hydrogens (tertiary/aromatic N) is 3. The lowest BCUT2D eigenvalue weighted by Gasteiger charge is -2.33. The molecule has 1 unspecified atom stereocenters. The summed E-state index contributed by atoms with van der Waals surface area (Å²) in [7, 11) is 1.90. The van der Waals surface area contributed by atoms with Crippen LogP contribution in [0.3, 0.4) is 0 Å². The SMILES string of the molecule is CNc1ccc2c(n1)CCN(C1CCN(C(=O)OC(C)(C)C)C1)C2. The molecule has 2 aliphatic heterocycles. The maximum Gasteiger partial charge on any atom is 0.410 e. The molecule has 0 saturated carbocycles. The van der Waals surface area contributed by atoms with Gasteiger partial charge in [0.2, 0.25) is 0 Å². The number of pyridine rings is 1. The lowest BCUT2D eigenvalue weighted by atomic mass is 10.0. The van der Waals surface area contributed by atoms with Crippen molar-refractivity contribution < 1.29 is 9.53 Å². The van der Waals surface area contributed by atoms with Crippen LogP contribution < -0.4 is 5.32 Å². The van der Waals surface area contributed by atoms with Gasteiger partial charge in [0.15, 0.2) is 0 Å². The zero-order valence-electron chi connectivity index (χ0n) is 15.1. The number of hydrogen-bond acceptors (Lipinski definition) is 5. The molecule has 2 aliphatic rings. The number of rotatable bonds is 2. The molecular weight excluding hydrogens is 304 g/mol. The summed E-state index contributed by atoms with van der Waals surface area (Å²) < 4.78 is 5.49. The predicted molar refractivity (Wildman–Crippen MR) is 94.1 cm³/mol. The van der Waals surface area contributed by atoms with Crippen molar-refractivity contribution in [2.24, 2.45) is 0 Å². The molecule has 0 aliphatic carbocycles. The molecule has 24 heavy (non-hydrogen) atoms. The van der Waals surface area contributed by atoms with Crippen molar-refractivity contribution in [1.82, 2.24) is 14.8 Å². The Kier molecular flexibility index (Phi) is 4.67. The maximum absolute atomic E-state index is 12.2. The van der Waals surface area contributed by atoms with Gasteiger partial charge in [-0.25, -0.2) is 9.78 Å². The highest BCUT2D eigenvalue weighted by molar-refractivity contribution is 5.68. The quantitative estimate of drug-likeness (QED) is 0.902. The van der Waals surface area contributed by atoms with Gasteiger partial charge in [-0.1, -0.05) is 6.07 Å². The summed E-state index contributed by atoms with van der Waals surface area (Å²) in [6.07, 6.45) is 1.78. The molecule has 6 nitrogen and oxygen atoms in total. The van der Waals surface area contributed by atoms with Crippen molar-refractivity contribution >= 4 is 11.9 Å². The normalized spacial score (nSPS) is 21.5. The van der Waals surface area contributed by atoms with E-state index in [0.29, 0.717) is 6.04 Å². The number of amides is 1. The third kappa shape index (κ3) is 3.80.